The summed E-state index contributed by atoms with van der Waals surface area (Å²) in [5.74, 6) is 0.792. The van der Waals surface area contributed by atoms with Crippen LogP contribution >= 0.6 is 0 Å². The highest BCUT2D eigenvalue weighted by Crippen LogP contribution is 2.19. The number of anilines is 1. The lowest BCUT2D eigenvalue weighted by atomic mass is 10.1. The van der Waals surface area contributed by atoms with Crippen molar-refractivity contribution in [1.82, 2.24) is 15.3 Å². The molecular formula is C22H26N4O2. The van der Waals surface area contributed by atoms with Gasteiger partial charge in [0.1, 0.15) is 5.82 Å². The summed E-state index contributed by atoms with van der Waals surface area (Å²) in [7, 11) is 0. The van der Waals surface area contributed by atoms with Crippen molar-refractivity contribution in [1.29, 1.82) is 0 Å². The topological polar surface area (TPSA) is 70.2 Å². The number of carbonyl (C=O) groups excluding carboxylic acids is 1. The van der Waals surface area contributed by atoms with Crippen molar-refractivity contribution in [3.05, 3.63) is 59.9 Å². The highest BCUT2D eigenvalue weighted by Gasteiger charge is 2.23. The molecule has 3 aromatic rings. The molecule has 1 saturated heterocycles. The molecule has 28 heavy (non-hydrogen) atoms. The molecule has 0 aliphatic carbocycles. The van der Waals surface area contributed by atoms with Crippen molar-refractivity contribution in [3.8, 4) is 0 Å². The molecule has 0 bridgehead atoms. The molecule has 3 heterocycles. The van der Waals surface area contributed by atoms with Crippen LogP contribution in [0.5, 0.6) is 0 Å². The summed E-state index contributed by atoms with van der Waals surface area (Å²) in [4.78, 5) is 22.4. The van der Waals surface area contributed by atoms with Gasteiger partial charge in [-0.25, -0.2) is 4.98 Å². The van der Waals surface area contributed by atoms with E-state index in [2.05, 4.69) is 46.2 Å². The van der Waals surface area contributed by atoms with E-state index in [1.165, 1.54) is 10.9 Å². The van der Waals surface area contributed by atoms with E-state index in [0.717, 1.165) is 30.8 Å². The number of hydrogen-bond acceptors (Lipinski definition) is 4. The first-order valence-electron chi connectivity index (χ1n) is 9.80. The highest BCUT2D eigenvalue weighted by atomic mass is 16.5. The van der Waals surface area contributed by atoms with E-state index in [1.54, 1.807) is 6.20 Å². The molecule has 0 unspecified atom stereocenters. The minimum absolute atomic E-state index is 0.0948. The number of nitrogens with one attached hydrogen (secondary N) is 2. The van der Waals surface area contributed by atoms with Gasteiger partial charge >= 0.3 is 0 Å². The summed E-state index contributed by atoms with van der Waals surface area (Å²) in [6, 6.07) is 12.0. The van der Waals surface area contributed by atoms with Crippen LogP contribution in [0.25, 0.3) is 10.9 Å². The molecule has 2 N–H and O–H groups in total. The maximum Gasteiger partial charge on any atom is 0.252 e. The third kappa shape index (κ3) is 4.02. The molecule has 6 heteroatoms. The Labute approximate surface area is 164 Å². The van der Waals surface area contributed by atoms with Crippen LogP contribution in [0.4, 0.5) is 5.82 Å². The molecule has 6 nitrogen and oxygen atoms in total. The number of morpholine rings is 1. The predicted octanol–water partition coefficient (Wildman–Crippen LogP) is 3.15. The van der Waals surface area contributed by atoms with Crippen LogP contribution in [-0.4, -0.2) is 47.7 Å². The SMILES string of the molecule is C[C@H]1CN(c2ccc(C(=O)NCCc3c[nH]c4ccccc34)cn2)C[C@H](C)O1. The van der Waals surface area contributed by atoms with Crippen LogP contribution in [0.3, 0.4) is 0 Å². The minimum Gasteiger partial charge on any atom is -0.372 e. The monoisotopic (exact) mass is 378 g/mol. The zero-order valence-corrected chi connectivity index (χ0v) is 16.3. The Hall–Kier alpha value is -2.86. The molecule has 0 saturated carbocycles. The van der Waals surface area contributed by atoms with Crippen LogP contribution in [0.15, 0.2) is 48.8 Å². The molecule has 146 valence electrons. The van der Waals surface area contributed by atoms with Crippen molar-refractivity contribution in [2.45, 2.75) is 32.5 Å². The number of fused-ring (bicyclic) bond motifs is 1. The molecule has 2 aromatic heterocycles. The van der Waals surface area contributed by atoms with E-state index in [0.29, 0.717) is 12.1 Å². The number of H-pyrrole nitrogens is 1. The number of ether oxygens (including phenoxy) is 1. The quantitative estimate of drug-likeness (QED) is 0.716. The number of para-hydroxylation sites is 1. The Morgan fingerprint density at radius 1 is 1.21 bits per heavy atom. The summed E-state index contributed by atoms with van der Waals surface area (Å²) in [5.41, 5.74) is 2.91. The van der Waals surface area contributed by atoms with E-state index in [-0.39, 0.29) is 18.1 Å². The van der Waals surface area contributed by atoms with Crippen molar-refractivity contribution >= 4 is 22.6 Å². The van der Waals surface area contributed by atoms with Crippen molar-refractivity contribution in [3.63, 3.8) is 0 Å². The van der Waals surface area contributed by atoms with Gasteiger partial charge in [-0.05, 0) is 44.0 Å². The number of aromatic amines is 1. The van der Waals surface area contributed by atoms with Crippen LogP contribution < -0.4 is 10.2 Å². The fraction of sp³-hybridized carbons (Fsp3) is 0.364. The molecule has 0 radical (unpaired) electrons. The summed E-state index contributed by atoms with van der Waals surface area (Å²) >= 11 is 0. The van der Waals surface area contributed by atoms with Gasteiger partial charge in [0.05, 0.1) is 17.8 Å². The van der Waals surface area contributed by atoms with E-state index in [1.807, 2.05) is 30.5 Å². The number of benzene rings is 1. The normalized spacial score (nSPS) is 19.7. The summed E-state index contributed by atoms with van der Waals surface area (Å²) in [6.45, 7) is 6.35. The number of aromatic nitrogens is 2. The highest BCUT2D eigenvalue weighted by molar-refractivity contribution is 5.94. The lowest BCUT2D eigenvalue weighted by Crippen LogP contribution is -2.45. The first-order valence-corrected chi connectivity index (χ1v) is 9.80. The molecule has 1 aliphatic rings. The second-order valence-corrected chi connectivity index (χ2v) is 7.43. The van der Waals surface area contributed by atoms with Crippen LogP contribution in [0.2, 0.25) is 0 Å². The van der Waals surface area contributed by atoms with Gasteiger partial charge in [0.15, 0.2) is 0 Å². The van der Waals surface area contributed by atoms with Gasteiger partial charge < -0.3 is 19.9 Å². The minimum atomic E-state index is -0.0948. The lowest BCUT2D eigenvalue weighted by Gasteiger charge is -2.36. The maximum atomic E-state index is 12.4. The van der Waals surface area contributed by atoms with Gasteiger partial charge in [-0.2, -0.15) is 0 Å². The van der Waals surface area contributed by atoms with E-state index in [9.17, 15) is 4.79 Å². The standard InChI is InChI=1S/C22H26N4O2/c1-15-13-26(14-16(2)28-15)21-8-7-18(12-25-21)22(27)23-10-9-17-11-24-20-6-4-3-5-19(17)20/h3-8,11-12,15-16,24H,9-10,13-14H2,1-2H3,(H,23,27)/t15-,16-/m0/s1. The molecule has 2 atom stereocenters. The summed E-state index contributed by atoms with van der Waals surface area (Å²) in [6.07, 6.45) is 4.81. The molecule has 0 spiro atoms. The first-order chi connectivity index (χ1) is 13.6. The van der Waals surface area contributed by atoms with E-state index < -0.39 is 0 Å². The van der Waals surface area contributed by atoms with Gasteiger partial charge in [-0.15, -0.1) is 0 Å². The molecule has 4 rings (SSSR count). The van der Waals surface area contributed by atoms with Crippen molar-refractivity contribution in [2.24, 2.45) is 0 Å². The van der Waals surface area contributed by atoms with Gasteiger partial charge in [0.25, 0.3) is 5.91 Å². The van der Waals surface area contributed by atoms with Crippen LogP contribution in [-0.2, 0) is 11.2 Å². The molecule has 1 aromatic carbocycles. The average molecular weight is 378 g/mol. The number of nitrogens with zero attached hydrogens (tertiary/aromatic N) is 2. The first kappa shape index (κ1) is 18.5. The second kappa shape index (κ2) is 8.02. The zero-order valence-electron chi connectivity index (χ0n) is 16.3. The number of pyridine rings is 1. The predicted molar refractivity (Wildman–Crippen MR) is 111 cm³/mol. The summed E-state index contributed by atoms with van der Waals surface area (Å²) < 4.78 is 5.77. The molecule has 1 fully saturated rings. The van der Waals surface area contributed by atoms with Crippen LogP contribution in [0.1, 0.15) is 29.8 Å². The van der Waals surface area contributed by atoms with Crippen molar-refractivity contribution < 1.29 is 9.53 Å². The number of hydrogen-bond donors (Lipinski definition) is 2. The van der Waals surface area contributed by atoms with Crippen LogP contribution in [0, 0.1) is 0 Å². The number of carbonyl (C=O) groups is 1. The number of rotatable bonds is 5. The zero-order chi connectivity index (χ0) is 19.5. The lowest BCUT2D eigenvalue weighted by molar-refractivity contribution is -0.00546. The van der Waals surface area contributed by atoms with Crippen molar-refractivity contribution in [2.75, 3.05) is 24.5 Å². The Morgan fingerprint density at radius 2 is 2.00 bits per heavy atom. The maximum absolute atomic E-state index is 12.4. The Balaban J connectivity index is 1.33. The van der Waals surface area contributed by atoms with Gasteiger partial charge in [-0.1, -0.05) is 18.2 Å². The smallest absolute Gasteiger partial charge is 0.252 e. The van der Waals surface area contributed by atoms with E-state index >= 15 is 0 Å². The second-order valence-electron chi connectivity index (χ2n) is 7.43. The van der Waals surface area contributed by atoms with Gasteiger partial charge in [0.2, 0.25) is 0 Å². The van der Waals surface area contributed by atoms with E-state index in [4.69, 9.17) is 4.74 Å². The van der Waals surface area contributed by atoms with Gasteiger partial charge in [0, 0.05) is 42.9 Å². The third-order valence-electron chi connectivity index (χ3n) is 5.11. The Kier molecular flexibility index (Phi) is 5.30. The third-order valence-corrected chi connectivity index (χ3v) is 5.11. The largest absolute Gasteiger partial charge is 0.372 e. The average Bonchev–Trinajstić information content (AvgIpc) is 3.10. The molecule has 1 amide bonds. The molecule has 1 aliphatic heterocycles. The summed E-state index contributed by atoms with van der Waals surface area (Å²) in [5, 5.41) is 4.19. The number of amides is 1. The Bertz CT molecular complexity index is 941. The van der Waals surface area contributed by atoms with Gasteiger partial charge in [-0.3, -0.25) is 4.79 Å². The Morgan fingerprint density at radius 3 is 2.75 bits per heavy atom. The molecular weight excluding hydrogens is 352 g/mol. The fourth-order valence-corrected chi connectivity index (χ4v) is 3.82. The fourth-order valence-electron chi connectivity index (χ4n) is 3.82.